The highest BCUT2D eigenvalue weighted by Gasteiger charge is 2.24. The highest BCUT2D eigenvalue weighted by atomic mass is 32.2. The summed E-state index contributed by atoms with van der Waals surface area (Å²) < 4.78 is 4.56. The minimum absolute atomic E-state index is 0.126. The number of ether oxygens (including phenoxy) is 1. The van der Waals surface area contributed by atoms with Crippen LogP contribution < -0.4 is 5.73 Å². The zero-order chi connectivity index (χ0) is 8.97. The van der Waals surface area contributed by atoms with E-state index in [1.165, 1.54) is 7.11 Å². The number of methoxy groups -OCH3 is 1. The van der Waals surface area contributed by atoms with Crippen LogP contribution in [0, 0.1) is 5.92 Å². The predicted molar refractivity (Wildman–Crippen MR) is 50.0 cm³/mol. The summed E-state index contributed by atoms with van der Waals surface area (Å²) in [7, 11) is 1.42. The summed E-state index contributed by atoms with van der Waals surface area (Å²) in [6.45, 7) is 0. The van der Waals surface area contributed by atoms with E-state index in [2.05, 4.69) is 4.74 Å². The lowest BCUT2D eigenvalue weighted by Gasteiger charge is -2.12. The molecule has 70 valence electrons. The molecule has 1 heterocycles. The second-order valence-corrected chi connectivity index (χ2v) is 4.15. The Hall–Kier alpha value is -0.220. The molecule has 0 aromatic carbocycles. The van der Waals surface area contributed by atoms with E-state index in [0.717, 1.165) is 17.9 Å². The van der Waals surface area contributed by atoms with Gasteiger partial charge < -0.3 is 10.5 Å². The number of thioether (sulfide) groups is 1. The topological polar surface area (TPSA) is 52.3 Å². The second-order valence-electron chi connectivity index (χ2n) is 3.08. The molecule has 2 N–H and O–H groups in total. The lowest BCUT2D eigenvalue weighted by Crippen LogP contribution is -2.28. The molecule has 0 aromatic rings. The minimum atomic E-state index is -0.126. The molecule has 2 unspecified atom stereocenters. The summed E-state index contributed by atoms with van der Waals surface area (Å²) in [6, 6.07) is 0.277. The molecule has 12 heavy (non-hydrogen) atoms. The maximum absolute atomic E-state index is 10.8. The van der Waals surface area contributed by atoms with E-state index >= 15 is 0 Å². The smallest absolute Gasteiger partial charge is 0.305 e. The summed E-state index contributed by atoms with van der Waals surface area (Å²) in [5, 5.41) is 0. The first-order valence-corrected chi connectivity index (χ1v) is 5.29. The van der Waals surface area contributed by atoms with Crippen molar-refractivity contribution in [3.05, 3.63) is 0 Å². The number of rotatable bonds is 3. The third-order valence-corrected chi connectivity index (χ3v) is 3.48. The maximum atomic E-state index is 10.8. The van der Waals surface area contributed by atoms with Crippen LogP contribution in [0.2, 0.25) is 0 Å². The zero-order valence-corrected chi connectivity index (χ0v) is 8.10. The predicted octanol–water partition coefficient (Wildman–Crippen LogP) is 0.630. The number of hydrogen-bond donors (Lipinski definition) is 1. The van der Waals surface area contributed by atoms with Gasteiger partial charge in [-0.2, -0.15) is 11.8 Å². The van der Waals surface area contributed by atoms with Crippen LogP contribution in [0.5, 0.6) is 0 Å². The Morgan fingerprint density at radius 3 is 2.92 bits per heavy atom. The summed E-state index contributed by atoms with van der Waals surface area (Å²) in [5.41, 5.74) is 5.83. The normalized spacial score (nSPS) is 28.8. The minimum Gasteiger partial charge on any atom is -0.469 e. The van der Waals surface area contributed by atoms with Gasteiger partial charge in [-0.25, -0.2) is 0 Å². The largest absolute Gasteiger partial charge is 0.469 e. The van der Waals surface area contributed by atoms with Crippen LogP contribution in [0.15, 0.2) is 0 Å². The number of carbonyl (C=O) groups is 1. The molecule has 0 aliphatic carbocycles. The van der Waals surface area contributed by atoms with Gasteiger partial charge in [0.05, 0.1) is 7.11 Å². The molecule has 1 aliphatic rings. The average Bonchev–Trinajstić information content (AvgIpc) is 2.47. The van der Waals surface area contributed by atoms with Crippen LogP contribution >= 0.6 is 11.8 Å². The highest BCUT2D eigenvalue weighted by Crippen LogP contribution is 2.26. The van der Waals surface area contributed by atoms with E-state index in [4.69, 9.17) is 5.73 Å². The molecule has 2 atom stereocenters. The molecule has 1 aliphatic heterocycles. The summed E-state index contributed by atoms with van der Waals surface area (Å²) in [5.74, 6) is 2.51. The van der Waals surface area contributed by atoms with Crippen LogP contribution in [0.25, 0.3) is 0 Å². The molecule has 4 heteroatoms. The van der Waals surface area contributed by atoms with Gasteiger partial charge in [-0.15, -0.1) is 0 Å². The Kier molecular flexibility index (Phi) is 3.88. The molecule has 0 radical (unpaired) electrons. The Balaban J connectivity index is 2.18. The molecule has 1 fully saturated rings. The molecule has 0 amide bonds. The van der Waals surface area contributed by atoms with Crippen LogP contribution in [0.1, 0.15) is 12.8 Å². The fraction of sp³-hybridized carbons (Fsp3) is 0.875. The number of esters is 1. The second kappa shape index (κ2) is 4.72. The summed E-state index contributed by atoms with van der Waals surface area (Å²) >= 11 is 1.87. The van der Waals surface area contributed by atoms with Gasteiger partial charge in [0.1, 0.15) is 0 Å². The summed E-state index contributed by atoms with van der Waals surface area (Å²) in [4.78, 5) is 10.8. The number of carbonyl (C=O) groups excluding carboxylic acids is 1. The Morgan fingerprint density at radius 1 is 1.67 bits per heavy atom. The van der Waals surface area contributed by atoms with E-state index in [1.807, 2.05) is 11.8 Å². The van der Waals surface area contributed by atoms with Crippen molar-refractivity contribution in [3.63, 3.8) is 0 Å². The third-order valence-electron chi connectivity index (χ3n) is 2.19. The molecular formula is C8H15NO2S. The van der Waals surface area contributed by atoms with Gasteiger partial charge in [0.2, 0.25) is 0 Å². The van der Waals surface area contributed by atoms with Crippen molar-refractivity contribution < 1.29 is 9.53 Å². The maximum Gasteiger partial charge on any atom is 0.305 e. The van der Waals surface area contributed by atoms with Crippen molar-refractivity contribution in [2.24, 2.45) is 11.7 Å². The van der Waals surface area contributed by atoms with Gasteiger partial charge in [0.25, 0.3) is 0 Å². The van der Waals surface area contributed by atoms with Crippen LogP contribution in [-0.2, 0) is 9.53 Å². The van der Waals surface area contributed by atoms with Gasteiger partial charge in [-0.1, -0.05) is 0 Å². The van der Waals surface area contributed by atoms with E-state index in [0.29, 0.717) is 12.3 Å². The highest BCUT2D eigenvalue weighted by molar-refractivity contribution is 7.99. The first-order valence-electron chi connectivity index (χ1n) is 4.14. The van der Waals surface area contributed by atoms with Gasteiger partial charge in [-0.3, -0.25) is 4.79 Å². The molecule has 0 saturated carbocycles. The standard InChI is InChI=1S/C8H15NO2S/c1-11-8(10)3-2-6-4-12-5-7(6)9/h6-7H,2-5,9H2,1H3. The Bertz CT molecular complexity index is 163. The number of nitrogens with two attached hydrogens (primary N) is 1. The summed E-state index contributed by atoms with van der Waals surface area (Å²) in [6.07, 6.45) is 1.39. The molecular weight excluding hydrogens is 174 g/mol. The quantitative estimate of drug-likeness (QED) is 0.662. The van der Waals surface area contributed by atoms with Crippen molar-refractivity contribution in [2.75, 3.05) is 18.6 Å². The van der Waals surface area contributed by atoms with Gasteiger partial charge in [0, 0.05) is 18.2 Å². The average molecular weight is 189 g/mol. The fourth-order valence-electron chi connectivity index (χ4n) is 1.32. The molecule has 0 spiro atoms. The van der Waals surface area contributed by atoms with Gasteiger partial charge >= 0.3 is 5.97 Å². The molecule has 1 rings (SSSR count). The van der Waals surface area contributed by atoms with Crippen LogP contribution in [0.3, 0.4) is 0 Å². The first-order chi connectivity index (χ1) is 5.74. The van der Waals surface area contributed by atoms with E-state index in [9.17, 15) is 4.79 Å². The van der Waals surface area contributed by atoms with Crippen molar-refractivity contribution in [1.82, 2.24) is 0 Å². The van der Waals surface area contributed by atoms with E-state index < -0.39 is 0 Å². The molecule has 3 nitrogen and oxygen atoms in total. The first kappa shape index (κ1) is 9.86. The Labute approximate surface area is 77.0 Å². The van der Waals surface area contributed by atoms with Crippen LogP contribution in [-0.4, -0.2) is 30.6 Å². The molecule has 1 saturated heterocycles. The third kappa shape index (κ3) is 2.68. The molecule has 0 aromatic heterocycles. The lowest BCUT2D eigenvalue weighted by molar-refractivity contribution is -0.140. The monoisotopic (exact) mass is 189 g/mol. The molecule has 0 bridgehead atoms. The van der Waals surface area contributed by atoms with Crippen molar-refractivity contribution in [3.8, 4) is 0 Å². The van der Waals surface area contributed by atoms with Gasteiger partial charge in [-0.05, 0) is 18.1 Å². The number of hydrogen-bond acceptors (Lipinski definition) is 4. The fourth-order valence-corrected chi connectivity index (χ4v) is 2.71. The Morgan fingerprint density at radius 2 is 2.42 bits per heavy atom. The van der Waals surface area contributed by atoms with Crippen LogP contribution in [0.4, 0.5) is 0 Å². The zero-order valence-electron chi connectivity index (χ0n) is 7.29. The van der Waals surface area contributed by atoms with Gasteiger partial charge in [0.15, 0.2) is 0 Å². The van der Waals surface area contributed by atoms with E-state index in [-0.39, 0.29) is 12.0 Å². The lowest BCUT2D eigenvalue weighted by atomic mass is 9.99. The SMILES string of the molecule is COC(=O)CCC1CSCC1N. The van der Waals surface area contributed by atoms with Crippen molar-refractivity contribution >= 4 is 17.7 Å². The van der Waals surface area contributed by atoms with Crippen molar-refractivity contribution in [2.45, 2.75) is 18.9 Å². The van der Waals surface area contributed by atoms with Crippen molar-refractivity contribution in [1.29, 1.82) is 0 Å². The van der Waals surface area contributed by atoms with E-state index in [1.54, 1.807) is 0 Å².